The second-order valence-electron chi connectivity index (χ2n) is 30.5. The first-order valence-corrected chi connectivity index (χ1v) is 34.4. The molecule has 0 unspecified atom stereocenters. The first-order chi connectivity index (χ1) is 46.0. The Bertz CT molecular complexity index is 3070. The highest BCUT2D eigenvalue weighted by Crippen LogP contribution is 2.27. The lowest BCUT2D eigenvalue weighted by Gasteiger charge is -2.36. The molecule has 33 heteroatoms. The number of aliphatic carboxylic acids is 1. The standard InChI is InChI=1S/C67H113N15O18/c1-20-37(8)48(74-50(87)42(33-83)70-53(90)43-24-21-27-80(43)60(98)65(14,15)76-51(88)39(30-34(2)3)69-49(86)41(32-46(68)85)72-58(96)63(10,11)75-38(9)84)56(93)79-67(18,19)62(100)82-29-23-26-45(82)55(92)78-64(12,13)59(97)71-40(31-35(4)5)52(89)77-66(16,17)61(99)81-28-22-25-44(81)54(91)73-47(36(6)7)57(94)95/h34-37,39-45,47-48,83H,20-33H2,1-19H3,(H2,68,85)(H,69,86)(H,70,90)(H,71,97)(H,72,96)(H,73,91)(H,74,87)(H,75,84)(H,76,88)(H,77,89)(H,78,92)(H,79,93)(H,94,95)/t37-,39-,40-,41-,42-,43-,44-,45-,47-,48-/m0/s1. The Morgan fingerprint density at radius 3 is 1.18 bits per heavy atom. The number of carbonyl (C=O) groups excluding carboxylic acids is 15. The van der Waals surface area contributed by atoms with E-state index >= 15 is 0 Å². The highest BCUT2D eigenvalue weighted by atomic mass is 16.4. The number of primary amides is 1. The van der Waals surface area contributed by atoms with Crippen molar-refractivity contribution in [2.75, 3.05) is 26.2 Å². The summed E-state index contributed by atoms with van der Waals surface area (Å²) >= 11 is 0. The summed E-state index contributed by atoms with van der Waals surface area (Å²) in [5.41, 5.74) is -2.92. The number of amides is 15. The number of nitrogens with two attached hydrogens (primary N) is 1. The molecule has 0 spiro atoms. The van der Waals surface area contributed by atoms with Crippen molar-refractivity contribution in [1.82, 2.24) is 73.2 Å². The third-order valence-corrected chi connectivity index (χ3v) is 18.0. The van der Waals surface area contributed by atoms with Gasteiger partial charge in [0.2, 0.25) is 88.6 Å². The van der Waals surface area contributed by atoms with Crippen molar-refractivity contribution in [3.05, 3.63) is 0 Å². The van der Waals surface area contributed by atoms with Gasteiger partial charge < -0.3 is 89.1 Å². The number of aliphatic hydroxyl groups is 1. The van der Waals surface area contributed by atoms with Crippen LogP contribution < -0.4 is 64.2 Å². The van der Waals surface area contributed by atoms with E-state index in [0.29, 0.717) is 25.7 Å². The van der Waals surface area contributed by atoms with Crippen LogP contribution in [0.3, 0.4) is 0 Å². The second-order valence-corrected chi connectivity index (χ2v) is 30.5. The third kappa shape index (κ3) is 23.5. The fraction of sp³-hybridized carbons (Fsp3) is 0.761. The highest BCUT2D eigenvalue weighted by molar-refractivity contribution is 6.03. The summed E-state index contributed by atoms with van der Waals surface area (Å²) in [6, 6.07) is -11.7. The zero-order valence-electron chi connectivity index (χ0n) is 61.8. The molecule has 10 atom stereocenters. The van der Waals surface area contributed by atoms with Gasteiger partial charge in [-0.15, -0.1) is 0 Å². The predicted molar refractivity (Wildman–Crippen MR) is 364 cm³/mol. The van der Waals surface area contributed by atoms with E-state index in [2.05, 4.69) is 58.5 Å². The zero-order valence-corrected chi connectivity index (χ0v) is 61.8. The van der Waals surface area contributed by atoms with E-state index in [-0.39, 0.29) is 63.6 Å². The number of hydrogen-bond donors (Lipinski definition) is 14. The predicted octanol–water partition coefficient (Wildman–Crippen LogP) is -1.89. The quantitative estimate of drug-likeness (QED) is 0.0330. The number of carbonyl (C=O) groups is 16. The van der Waals surface area contributed by atoms with Crippen molar-refractivity contribution >= 4 is 94.6 Å². The van der Waals surface area contributed by atoms with Gasteiger partial charge in [0.25, 0.3) is 0 Å². The molecule has 0 aromatic carbocycles. The smallest absolute Gasteiger partial charge is 0.326 e. The lowest BCUT2D eigenvalue weighted by Crippen LogP contribution is -2.65. The molecule has 0 aromatic heterocycles. The maximum absolute atomic E-state index is 14.5. The Hall–Kier alpha value is -8.52. The molecule has 3 fully saturated rings. The maximum atomic E-state index is 14.5. The monoisotopic (exact) mass is 1420 g/mol. The van der Waals surface area contributed by atoms with Gasteiger partial charge in [-0.25, -0.2) is 4.79 Å². The molecule has 0 aromatic rings. The summed E-state index contributed by atoms with van der Waals surface area (Å²) in [5.74, 6) is -14.4. The van der Waals surface area contributed by atoms with Crippen molar-refractivity contribution in [2.45, 2.75) is 278 Å². The van der Waals surface area contributed by atoms with Gasteiger partial charge >= 0.3 is 5.97 Å². The molecule has 0 saturated carbocycles. The van der Waals surface area contributed by atoms with Crippen LogP contribution in [0.4, 0.5) is 0 Å². The number of carboxylic acids is 1. The number of nitrogens with zero attached hydrogens (tertiary/aromatic N) is 3. The van der Waals surface area contributed by atoms with Gasteiger partial charge in [-0.3, -0.25) is 71.9 Å². The van der Waals surface area contributed by atoms with Crippen molar-refractivity contribution in [1.29, 1.82) is 0 Å². The Balaban J connectivity index is 1.72. The van der Waals surface area contributed by atoms with E-state index in [9.17, 15) is 86.9 Å². The first kappa shape index (κ1) is 85.7. The molecule has 0 bridgehead atoms. The first-order valence-electron chi connectivity index (χ1n) is 34.4. The largest absolute Gasteiger partial charge is 0.480 e. The summed E-state index contributed by atoms with van der Waals surface area (Å²) < 4.78 is 0. The van der Waals surface area contributed by atoms with Gasteiger partial charge in [0.15, 0.2) is 0 Å². The minimum atomic E-state index is -1.75. The van der Waals surface area contributed by atoms with E-state index in [4.69, 9.17) is 5.73 Å². The van der Waals surface area contributed by atoms with Gasteiger partial charge in [0.1, 0.15) is 82.1 Å². The fourth-order valence-electron chi connectivity index (χ4n) is 12.2. The molecule has 0 aliphatic carbocycles. The minimum absolute atomic E-state index is 0.0179. The van der Waals surface area contributed by atoms with E-state index in [1.165, 1.54) is 90.9 Å². The molecule has 100 heavy (non-hydrogen) atoms. The molecule has 0 radical (unpaired) electrons. The van der Waals surface area contributed by atoms with Crippen LogP contribution in [-0.2, 0) is 76.7 Å². The zero-order chi connectivity index (χ0) is 76.7. The molecule has 15 amide bonds. The van der Waals surface area contributed by atoms with Crippen molar-refractivity contribution in [3.63, 3.8) is 0 Å². The highest BCUT2D eigenvalue weighted by Gasteiger charge is 2.49. The number of rotatable bonds is 35. The van der Waals surface area contributed by atoms with Crippen molar-refractivity contribution in [3.8, 4) is 0 Å². The molecule has 33 nitrogen and oxygen atoms in total. The second kappa shape index (κ2) is 35.7. The van der Waals surface area contributed by atoms with Crippen LogP contribution in [-0.4, -0.2) is 228 Å². The maximum Gasteiger partial charge on any atom is 0.326 e. The molecule has 3 heterocycles. The normalized spacial score (nSPS) is 18.8. The molecule has 3 aliphatic rings. The number of hydrogen-bond acceptors (Lipinski definition) is 17. The van der Waals surface area contributed by atoms with E-state index in [1.807, 2.05) is 13.8 Å². The molecule has 15 N–H and O–H groups in total. The third-order valence-electron chi connectivity index (χ3n) is 18.0. The number of nitrogens with one attached hydrogen (secondary N) is 11. The van der Waals surface area contributed by atoms with Gasteiger partial charge in [0.05, 0.1) is 13.0 Å². The Morgan fingerprint density at radius 1 is 0.440 bits per heavy atom. The van der Waals surface area contributed by atoms with Crippen LogP contribution in [0.15, 0.2) is 0 Å². The van der Waals surface area contributed by atoms with Gasteiger partial charge in [-0.1, -0.05) is 61.8 Å². The molecule has 3 saturated heterocycles. The lowest BCUT2D eigenvalue weighted by molar-refractivity contribution is -0.147. The fourth-order valence-corrected chi connectivity index (χ4v) is 12.2. The Kier molecular flexibility index (Phi) is 30.6. The number of carboxylic acid groups (broad SMARTS) is 1. The van der Waals surface area contributed by atoms with E-state index < -0.39 is 202 Å². The van der Waals surface area contributed by atoms with Crippen LogP contribution in [0.25, 0.3) is 0 Å². The molecular formula is C67H113N15O18. The van der Waals surface area contributed by atoms with Crippen LogP contribution in [0, 0.1) is 23.7 Å². The van der Waals surface area contributed by atoms with E-state index in [1.54, 1.807) is 41.5 Å². The molecule has 3 aliphatic heterocycles. The molecule has 564 valence electrons. The minimum Gasteiger partial charge on any atom is -0.480 e. The van der Waals surface area contributed by atoms with Crippen LogP contribution in [0.5, 0.6) is 0 Å². The summed E-state index contributed by atoms with van der Waals surface area (Å²) in [5, 5.41) is 48.7. The van der Waals surface area contributed by atoms with Crippen molar-refractivity contribution < 1.29 is 86.9 Å². The Labute approximate surface area is 586 Å². The van der Waals surface area contributed by atoms with Crippen LogP contribution >= 0.6 is 0 Å². The SMILES string of the molecule is CC[C@H](C)[C@H](NC(=O)[C@H](CO)NC(=O)[C@@H]1CCCN1C(=O)C(C)(C)NC(=O)[C@H](CC(C)C)NC(=O)[C@H](CC(N)=O)NC(=O)C(C)(C)NC(C)=O)C(=O)NC(C)(C)C(=O)N1CCC[C@H]1C(=O)NC(C)(C)C(=O)N[C@@H](CC(C)C)C(=O)NC(C)(C)C(=O)N1CCC[C@H]1C(=O)N[C@H](C(=O)O)C(C)C. The van der Waals surface area contributed by atoms with Gasteiger partial charge in [-0.2, -0.15) is 0 Å². The number of aliphatic hydroxyl groups excluding tert-OH is 1. The van der Waals surface area contributed by atoms with Gasteiger partial charge in [0, 0.05) is 26.6 Å². The average Bonchev–Trinajstić information content (AvgIpc) is 1.41. The average molecular weight is 1420 g/mol. The lowest BCUT2D eigenvalue weighted by atomic mass is 9.95. The summed E-state index contributed by atoms with van der Waals surface area (Å²) in [4.78, 5) is 221. The van der Waals surface area contributed by atoms with Crippen LogP contribution in [0.1, 0.15) is 196 Å². The number of likely N-dealkylation sites (tertiary alicyclic amines) is 3. The topological polar surface area (TPSA) is 482 Å². The Morgan fingerprint density at radius 2 is 0.810 bits per heavy atom. The summed E-state index contributed by atoms with van der Waals surface area (Å²) in [7, 11) is 0. The van der Waals surface area contributed by atoms with Crippen LogP contribution in [0.2, 0.25) is 0 Å². The van der Waals surface area contributed by atoms with Crippen molar-refractivity contribution in [2.24, 2.45) is 29.4 Å². The summed E-state index contributed by atoms with van der Waals surface area (Å²) in [6.07, 6.45) is 1.39. The van der Waals surface area contributed by atoms with E-state index in [0.717, 1.165) is 0 Å². The van der Waals surface area contributed by atoms with Gasteiger partial charge in [-0.05, 0) is 144 Å². The molecule has 3 rings (SSSR count). The summed E-state index contributed by atoms with van der Waals surface area (Å²) in [6.45, 7) is 28.3. The molecular weight excluding hydrogens is 1300 g/mol.